The number of rotatable bonds is 2. The minimum absolute atomic E-state index is 0.138. The number of aryl methyl sites for hydroxylation is 1. The lowest BCUT2D eigenvalue weighted by atomic mass is 10.4. The lowest BCUT2D eigenvalue weighted by molar-refractivity contribution is 0.146. The Labute approximate surface area is 70.2 Å². The van der Waals surface area contributed by atoms with Gasteiger partial charge in [-0.3, -0.25) is 0 Å². The highest BCUT2D eigenvalue weighted by atomic mass is 19.3. The maximum Gasteiger partial charge on any atom is 0.281 e. The molecule has 68 valence electrons. The van der Waals surface area contributed by atoms with Crippen LogP contribution < -0.4 is 0 Å². The summed E-state index contributed by atoms with van der Waals surface area (Å²) in [6.45, 7) is 5.60. The minimum Gasteiger partial charge on any atom is -0.332 e. The van der Waals surface area contributed by atoms with E-state index in [0.29, 0.717) is 5.82 Å². The van der Waals surface area contributed by atoms with Crippen molar-refractivity contribution in [3.63, 3.8) is 0 Å². The second-order valence-electron chi connectivity index (χ2n) is 3.01. The molecule has 4 heteroatoms. The van der Waals surface area contributed by atoms with Crippen molar-refractivity contribution in [2.45, 2.75) is 33.2 Å². The molecule has 0 radical (unpaired) electrons. The van der Waals surface area contributed by atoms with Gasteiger partial charge < -0.3 is 4.57 Å². The Morgan fingerprint density at radius 2 is 2.00 bits per heavy atom. The van der Waals surface area contributed by atoms with Gasteiger partial charge in [-0.2, -0.15) is 0 Å². The van der Waals surface area contributed by atoms with Crippen molar-refractivity contribution in [1.29, 1.82) is 0 Å². The normalized spacial score (nSPS) is 11.6. The highest BCUT2D eigenvalue weighted by Gasteiger charge is 2.13. The number of imidazole rings is 1. The molecule has 0 unspecified atom stereocenters. The highest BCUT2D eigenvalue weighted by Crippen LogP contribution is 2.19. The summed E-state index contributed by atoms with van der Waals surface area (Å²) in [6.07, 6.45) is -1.06. The summed E-state index contributed by atoms with van der Waals surface area (Å²) in [5.41, 5.74) is -0.138. The van der Waals surface area contributed by atoms with E-state index in [2.05, 4.69) is 4.98 Å². The van der Waals surface area contributed by atoms with Crippen molar-refractivity contribution in [2.24, 2.45) is 0 Å². The fraction of sp³-hybridized carbons (Fsp3) is 0.625. The van der Waals surface area contributed by atoms with Crippen molar-refractivity contribution >= 4 is 0 Å². The summed E-state index contributed by atoms with van der Waals surface area (Å²) in [6, 6.07) is 0.185. The van der Waals surface area contributed by atoms with Gasteiger partial charge in [-0.25, -0.2) is 13.8 Å². The maximum atomic E-state index is 12.1. The van der Waals surface area contributed by atoms with Crippen molar-refractivity contribution < 1.29 is 8.78 Å². The summed E-state index contributed by atoms with van der Waals surface area (Å²) >= 11 is 0. The van der Waals surface area contributed by atoms with E-state index in [1.807, 2.05) is 13.8 Å². The summed E-state index contributed by atoms with van der Waals surface area (Å²) in [5, 5.41) is 0. The van der Waals surface area contributed by atoms with Crippen LogP contribution in [0.1, 0.15) is 37.8 Å². The number of halogens is 2. The summed E-state index contributed by atoms with van der Waals surface area (Å²) in [4.78, 5) is 3.74. The fourth-order valence-corrected chi connectivity index (χ4v) is 1.14. The Kier molecular flexibility index (Phi) is 2.45. The van der Waals surface area contributed by atoms with Crippen LogP contribution in [0.2, 0.25) is 0 Å². The summed E-state index contributed by atoms with van der Waals surface area (Å²) in [7, 11) is 0. The predicted octanol–water partition coefficient (Wildman–Crippen LogP) is 2.71. The molecule has 0 atom stereocenters. The van der Waals surface area contributed by atoms with E-state index in [9.17, 15) is 8.78 Å². The first-order valence-electron chi connectivity index (χ1n) is 3.86. The number of alkyl halides is 2. The molecule has 2 nitrogen and oxygen atoms in total. The molecule has 0 spiro atoms. The number of hydrogen-bond donors (Lipinski definition) is 0. The van der Waals surface area contributed by atoms with Crippen molar-refractivity contribution in [3.05, 3.63) is 17.7 Å². The first kappa shape index (κ1) is 9.16. The van der Waals surface area contributed by atoms with Gasteiger partial charge in [0, 0.05) is 12.2 Å². The van der Waals surface area contributed by atoms with Gasteiger partial charge in [0.2, 0.25) is 0 Å². The number of nitrogens with zero attached hydrogens (tertiary/aromatic N) is 2. The van der Waals surface area contributed by atoms with Crippen LogP contribution in [0, 0.1) is 6.92 Å². The van der Waals surface area contributed by atoms with Gasteiger partial charge in [-0.1, -0.05) is 0 Å². The summed E-state index contributed by atoms with van der Waals surface area (Å²) < 4.78 is 26.0. The lowest BCUT2D eigenvalue weighted by Gasteiger charge is -2.07. The Balaban J connectivity index is 3.00. The smallest absolute Gasteiger partial charge is 0.281 e. The molecule has 0 aliphatic rings. The van der Waals surface area contributed by atoms with E-state index in [0.717, 1.165) is 0 Å². The third-order valence-corrected chi connectivity index (χ3v) is 1.72. The Morgan fingerprint density at radius 3 is 2.25 bits per heavy atom. The Hall–Kier alpha value is -0.930. The van der Waals surface area contributed by atoms with E-state index < -0.39 is 6.43 Å². The lowest BCUT2D eigenvalue weighted by Crippen LogP contribution is -2.00. The van der Waals surface area contributed by atoms with Crippen molar-refractivity contribution in [3.8, 4) is 0 Å². The van der Waals surface area contributed by atoms with Gasteiger partial charge >= 0.3 is 0 Å². The van der Waals surface area contributed by atoms with Crippen molar-refractivity contribution in [1.82, 2.24) is 9.55 Å². The molecule has 1 rings (SSSR count). The SMILES string of the molecule is Cc1nc(C(F)F)cn1C(C)C. The zero-order chi connectivity index (χ0) is 9.30. The molecular weight excluding hydrogens is 162 g/mol. The standard InChI is InChI=1S/C8H12F2N2/c1-5(2)12-4-7(8(9)10)11-6(12)3/h4-5,8H,1-3H3. The molecule has 0 N–H and O–H groups in total. The van der Waals surface area contributed by atoms with Crippen LogP contribution in [0.15, 0.2) is 6.20 Å². The molecule has 12 heavy (non-hydrogen) atoms. The van der Waals surface area contributed by atoms with E-state index in [4.69, 9.17) is 0 Å². The maximum absolute atomic E-state index is 12.1. The molecule has 0 aliphatic heterocycles. The fourth-order valence-electron chi connectivity index (χ4n) is 1.14. The molecule has 0 aliphatic carbocycles. The van der Waals surface area contributed by atoms with E-state index in [1.165, 1.54) is 6.20 Å². The second-order valence-corrected chi connectivity index (χ2v) is 3.01. The van der Waals surface area contributed by atoms with Crippen LogP contribution in [0.3, 0.4) is 0 Å². The molecule has 1 aromatic rings. The zero-order valence-electron chi connectivity index (χ0n) is 7.38. The summed E-state index contributed by atoms with van der Waals surface area (Å²) in [5.74, 6) is 0.639. The van der Waals surface area contributed by atoms with E-state index >= 15 is 0 Å². The number of aromatic nitrogens is 2. The molecule has 0 amide bonds. The molecule has 0 saturated carbocycles. The van der Waals surface area contributed by atoms with Crippen LogP contribution in [0.5, 0.6) is 0 Å². The van der Waals surface area contributed by atoms with Crippen LogP contribution in [-0.4, -0.2) is 9.55 Å². The third-order valence-electron chi connectivity index (χ3n) is 1.72. The van der Waals surface area contributed by atoms with Gasteiger partial charge in [-0.15, -0.1) is 0 Å². The topological polar surface area (TPSA) is 17.8 Å². The van der Waals surface area contributed by atoms with Crippen LogP contribution in [0.4, 0.5) is 8.78 Å². The molecule has 0 aromatic carbocycles. The Morgan fingerprint density at radius 1 is 1.42 bits per heavy atom. The van der Waals surface area contributed by atoms with E-state index in [1.54, 1.807) is 11.5 Å². The number of hydrogen-bond acceptors (Lipinski definition) is 1. The molecule has 0 fully saturated rings. The van der Waals surface area contributed by atoms with Gasteiger partial charge in [0.25, 0.3) is 6.43 Å². The average molecular weight is 174 g/mol. The zero-order valence-corrected chi connectivity index (χ0v) is 7.38. The van der Waals surface area contributed by atoms with Gasteiger partial charge in [-0.05, 0) is 20.8 Å². The highest BCUT2D eigenvalue weighted by molar-refractivity contribution is 5.05. The molecule has 0 bridgehead atoms. The first-order valence-corrected chi connectivity index (χ1v) is 3.86. The second kappa shape index (κ2) is 3.21. The predicted molar refractivity (Wildman–Crippen MR) is 42.3 cm³/mol. The van der Waals surface area contributed by atoms with E-state index in [-0.39, 0.29) is 11.7 Å². The minimum atomic E-state index is -2.47. The van der Waals surface area contributed by atoms with Crippen LogP contribution in [-0.2, 0) is 0 Å². The average Bonchev–Trinajstić information content (AvgIpc) is 2.30. The third kappa shape index (κ3) is 1.62. The first-order chi connectivity index (χ1) is 5.52. The van der Waals surface area contributed by atoms with Crippen LogP contribution in [0.25, 0.3) is 0 Å². The van der Waals surface area contributed by atoms with Gasteiger partial charge in [0.1, 0.15) is 11.5 Å². The van der Waals surface area contributed by atoms with Crippen molar-refractivity contribution in [2.75, 3.05) is 0 Å². The largest absolute Gasteiger partial charge is 0.332 e. The monoisotopic (exact) mass is 174 g/mol. The van der Waals surface area contributed by atoms with Crippen LogP contribution >= 0.6 is 0 Å². The van der Waals surface area contributed by atoms with Gasteiger partial charge in [0.15, 0.2) is 0 Å². The molecular formula is C8H12F2N2. The Bertz CT molecular complexity index is 266. The quantitative estimate of drug-likeness (QED) is 0.674. The molecule has 1 heterocycles. The molecule has 1 aromatic heterocycles. The van der Waals surface area contributed by atoms with Gasteiger partial charge in [0.05, 0.1) is 0 Å². The molecule has 0 saturated heterocycles.